The maximum atomic E-state index is 12.3. The lowest BCUT2D eigenvalue weighted by Crippen LogP contribution is -2.30. The van der Waals surface area contributed by atoms with E-state index in [1.54, 1.807) is 25.1 Å². The largest absolute Gasteiger partial charge is 0.493 e. The van der Waals surface area contributed by atoms with Crippen molar-refractivity contribution in [3.05, 3.63) is 59.1 Å². The van der Waals surface area contributed by atoms with E-state index in [9.17, 15) is 9.90 Å². The number of aliphatic hydroxyl groups excluding tert-OH is 1. The van der Waals surface area contributed by atoms with E-state index in [2.05, 4.69) is 5.32 Å². The van der Waals surface area contributed by atoms with E-state index in [0.29, 0.717) is 22.9 Å². The topological polar surface area (TPSA) is 71.5 Å². The average molecular weight is 385 g/mol. The molecule has 6 heteroatoms. The van der Waals surface area contributed by atoms with Gasteiger partial charge in [0.2, 0.25) is 0 Å². The Bertz CT molecular complexity index is 973. The second kappa shape index (κ2) is 8.37. The molecule has 0 fully saturated rings. The van der Waals surface area contributed by atoms with Gasteiger partial charge < -0.3 is 15.2 Å². The number of hydrogen-bond donors (Lipinski definition) is 2. The van der Waals surface area contributed by atoms with Crippen LogP contribution < -0.4 is 10.1 Å². The van der Waals surface area contributed by atoms with Crippen LogP contribution in [0.4, 0.5) is 0 Å². The first kappa shape index (κ1) is 19.1. The summed E-state index contributed by atoms with van der Waals surface area (Å²) < 4.78 is 5.80. The molecule has 1 aromatic heterocycles. The van der Waals surface area contributed by atoms with Crippen molar-refractivity contribution in [3.63, 3.8) is 0 Å². The summed E-state index contributed by atoms with van der Waals surface area (Å²) in [5.74, 6) is 0.404. The van der Waals surface area contributed by atoms with Gasteiger partial charge in [-0.2, -0.15) is 0 Å². The normalized spacial score (nSPS) is 12.0. The molecule has 0 aliphatic heterocycles. The van der Waals surface area contributed by atoms with Crippen LogP contribution in [0.15, 0.2) is 48.5 Å². The van der Waals surface area contributed by atoms with E-state index in [-0.39, 0.29) is 12.5 Å². The molecule has 0 aliphatic rings. The zero-order valence-electron chi connectivity index (χ0n) is 15.2. The Kier molecular flexibility index (Phi) is 5.94. The van der Waals surface area contributed by atoms with Gasteiger partial charge in [-0.1, -0.05) is 23.7 Å². The highest BCUT2D eigenvalue weighted by atomic mass is 35.5. The third-order valence-corrected chi connectivity index (χ3v) is 4.25. The first-order valence-corrected chi connectivity index (χ1v) is 9.15. The van der Waals surface area contributed by atoms with E-state index < -0.39 is 6.10 Å². The van der Waals surface area contributed by atoms with Crippen LogP contribution in [-0.4, -0.2) is 35.3 Å². The van der Waals surface area contributed by atoms with Gasteiger partial charge in [0.25, 0.3) is 5.91 Å². The molecule has 3 aromatic rings. The number of carbonyl (C=O) groups is 1. The Balaban J connectivity index is 2.04. The van der Waals surface area contributed by atoms with Crippen LogP contribution in [0, 0.1) is 0 Å². The molecule has 5 nitrogen and oxygen atoms in total. The summed E-state index contributed by atoms with van der Waals surface area (Å²) in [4.78, 5) is 17.0. The van der Waals surface area contributed by atoms with Crippen LogP contribution in [0.5, 0.6) is 5.75 Å². The number of ether oxygens (including phenoxy) is 1. The molecular weight excluding hydrogens is 364 g/mol. The first-order chi connectivity index (χ1) is 13.0. The molecule has 27 heavy (non-hydrogen) atoms. The van der Waals surface area contributed by atoms with Gasteiger partial charge >= 0.3 is 0 Å². The number of rotatable bonds is 6. The third-order valence-electron chi connectivity index (χ3n) is 4.01. The fourth-order valence-electron chi connectivity index (χ4n) is 2.75. The van der Waals surface area contributed by atoms with E-state index in [4.69, 9.17) is 21.3 Å². The zero-order valence-corrected chi connectivity index (χ0v) is 16.0. The van der Waals surface area contributed by atoms with Crippen molar-refractivity contribution in [2.45, 2.75) is 20.0 Å². The van der Waals surface area contributed by atoms with Crippen LogP contribution >= 0.6 is 11.6 Å². The number of halogens is 1. The Morgan fingerprint density at radius 3 is 2.78 bits per heavy atom. The highest BCUT2D eigenvalue weighted by molar-refractivity contribution is 6.30. The molecule has 140 valence electrons. The van der Waals surface area contributed by atoms with Crippen molar-refractivity contribution < 1.29 is 14.6 Å². The highest BCUT2D eigenvalue weighted by Gasteiger charge is 2.13. The van der Waals surface area contributed by atoms with Gasteiger partial charge in [0.05, 0.1) is 23.9 Å². The van der Waals surface area contributed by atoms with Crippen LogP contribution in [0.25, 0.3) is 22.2 Å². The fourth-order valence-corrected chi connectivity index (χ4v) is 2.94. The lowest BCUT2D eigenvalue weighted by atomic mass is 10.1. The van der Waals surface area contributed by atoms with Gasteiger partial charge in [-0.3, -0.25) is 4.79 Å². The van der Waals surface area contributed by atoms with Crippen molar-refractivity contribution >= 4 is 28.4 Å². The van der Waals surface area contributed by atoms with Crippen molar-refractivity contribution in [1.29, 1.82) is 0 Å². The fraction of sp³-hybridized carbons (Fsp3) is 0.238. The number of nitrogens with one attached hydrogen (secondary N) is 1. The summed E-state index contributed by atoms with van der Waals surface area (Å²) >= 11 is 6.10. The van der Waals surface area contributed by atoms with Gasteiger partial charge in [-0.15, -0.1) is 0 Å². The second-order valence-electron chi connectivity index (χ2n) is 6.24. The molecule has 0 saturated carbocycles. The number of fused-ring (bicyclic) bond motifs is 1. The van der Waals surface area contributed by atoms with Gasteiger partial charge in [0.1, 0.15) is 5.75 Å². The van der Waals surface area contributed by atoms with Crippen LogP contribution in [0.3, 0.4) is 0 Å². The lowest BCUT2D eigenvalue weighted by molar-refractivity contribution is 0.0924. The predicted molar refractivity (Wildman–Crippen MR) is 107 cm³/mol. The smallest absolute Gasteiger partial charge is 0.251 e. The number of hydrogen-bond acceptors (Lipinski definition) is 4. The summed E-state index contributed by atoms with van der Waals surface area (Å²) in [5, 5.41) is 13.4. The first-order valence-electron chi connectivity index (χ1n) is 8.77. The van der Waals surface area contributed by atoms with Crippen LogP contribution in [-0.2, 0) is 0 Å². The summed E-state index contributed by atoms with van der Waals surface area (Å²) in [6.07, 6.45) is -0.602. The van der Waals surface area contributed by atoms with Gasteiger partial charge in [-0.25, -0.2) is 4.98 Å². The molecule has 0 saturated heterocycles. The average Bonchev–Trinajstić information content (AvgIpc) is 2.66. The van der Waals surface area contributed by atoms with Crippen molar-refractivity contribution in [2.24, 2.45) is 0 Å². The Morgan fingerprint density at radius 1 is 1.26 bits per heavy atom. The number of aliphatic hydroxyl groups is 1. The molecule has 0 aliphatic carbocycles. The molecule has 0 radical (unpaired) electrons. The highest BCUT2D eigenvalue weighted by Crippen LogP contribution is 2.31. The van der Waals surface area contributed by atoms with Crippen molar-refractivity contribution in [3.8, 4) is 17.0 Å². The molecule has 3 rings (SSSR count). The minimum Gasteiger partial charge on any atom is -0.493 e. The van der Waals surface area contributed by atoms with E-state index in [1.807, 2.05) is 37.3 Å². The van der Waals surface area contributed by atoms with Gasteiger partial charge in [0.15, 0.2) is 0 Å². The van der Waals surface area contributed by atoms with Crippen molar-refractivity contribution in [2.75, 3.05) is 13.2 Å². The summed E-state index contributed by atoms with van der Waals surface area (Å²) in [6.45, 7) is 4.22. The lowest BCUT2D eigenvalue weighted by Gasteiger charge is -2.12. The monoisotopic (exact) mass is 384 g/mol. The van der Waals surface area contributed by atoms with E-state index in [0.717, 1.165) is 22.2 Å². The molecule has 1 amide bonds. The minimum absolute atomic E-state index is 0.196. The number of aromatic nitrogens is 1. The maximum absolute atomic E-state index is 12.3. The molecule has 2 aromatic carbocycles. The van der Waals surface area contributed by atoms with E-state index >= 15 is 0 Å². The van der Waals surface area contributed by atoms with Crippen LogP contribution in [0.2, 0.25) is 5.02 Å². The number of pyridine rings is 1. The maximum Gasteiger partial charge on any atom is 0.251 e. The number of benzene rings is 2. The Labute approximate surface area is 163 Å². The van der Waals surface area contributed by atoms with Gasteiger partial charge in [0, 0.05) is 34.1 Å². The van der Waals surface area contributed by atoms with Crippen LogP contribution in [0.1, 0.15) is 24.2 Å². The second-order valence-corrected chi connectivity index (χ2v) is 6.68. The zero-order chi connectivity index (χ0) is 19.4. The van der Waals surface area contributed by atoms with Crippen molar-refractivity contribution in [1.82, 2.24) is 10.3 Å². The molecule has 0 spiro atoms. The summed E-state index contributed by atoms with van der Waals surface area (Å²) in [5.41, 5.74) is 2.85. The van der Waals surface area contributed by atoms with Gasteiger partial charge in [-0.05, 0) is 44.2 Å². The van der Waals surface area contributed by atoms with E-state index in [1.165, 1.54) is 0 Å². The molecule has 1 heterocycles. The number of amides is 1. The number of carbonyl (C=O) groups excluding carboxylic acids is 1. The summed E-state index contributed by atoms with van der Waals surface area (Å²) in [7, 11) is 0. The Hall–Kier alpha value is -2.63. The Morgan fingerprint density at radius 2 is 2.07 bits per heavy atom. The predicted octanol–water partition coefficient (Wildman–Crippen LogP) is 4.06. The minimum atomic E-state index is -0.602. The standard InChI is InChI=1S/C21H21ClN2O3/c1-3-27-20-11-19(14-5-4-6-16(22)9-14)24-18-8-7-15(10-17(18)20)21(26)23-12-13(2)25/h4-11,13,25H,3,12H2,1-2H3,(H,23,26). The third kappa shape index (κ3) is 4.56. The molecule has 0 bridgehead atoms. The SMILES string of the molecule is CCOc1cc(-c2cccc(Cl)c2)nc2ccc(C(=O)NCC(C)O)cc12. The molecule has 1 unspecified atom stereocenters. The molecule has 2 N–H and O–H groups in total. The molecular formula is C21H21ClN2O3. The summed E-state index contributed by atoms with van der Waals surface area (Å²) in [6, 6.07) is 14.6. The molecule has 1 atom stereocenters. The number of nitrogens with zero attached hydrogens (tertiary/aromatic N) is 1. The quantitative estimate of drug-likeness (QED) is 0.672.